The maximum Gasteiger partial charge on any atom is 0.322 e. The highest BCUT2D eigenvalue weighted by molar-refractivity contribution is 5.78. The van der Waals surface area contributed by atoms with Gasteiger partial charge in [-0.05, 0) is 55.9 Å². The van der Waals surface area contributed by atoms with Gasteiger partial charge in [0.05, 0.1) is 37.1 Å². The third-order valence-electron chi connectivity index (χ3n) is 13.3. The lowest BCUT2D eigenvalue weighted by Crippen LogP contribution is -2.72. The van der Waals surface area contributed by atoms with Crippen LogP contribution < -0.4 is 5.73 Å². The number of nitrogens with zero attached hydrogens (tertiary/aromatic N) is 1. The molecular weight excluding hydrogens is 748 g/mol. The number of likely N-dealkylation sites (N-methyl/N-ethyl adjacent to an activating group) is 1. The number of hydrogen-bond acceptors (Lipinski definition) is 14. The van der Waals surface area contributed by atoms with Crippen molar-refractivity contribution in [3.05, 3.63) is 59.3 Å². The first-order valence-electron chi connectivity index (χ1n) is 20.9. The molecule has 4 N–H and O–H groups in total. The third kappa shape index (κ3) is 8.57. The lowest BCUT2D eigenvalue weighted by atomic mass is 9.71. The molecular formula is C44H66N2O12. The van der Waals surface area contributed by atoms with Gasteiger partial charge in [-0.15, -0.1) is 5.06 Å². The maximum atomic E-state index is 14.3. The van der Waals surface area contributed by atoms with Crippen LogP contribution in [0.1, 0.15) is 87.5 Å². The van der Waals surface area contributed by atoms with E-state index in [1.165, 1.54) is 12.0 Å². The van der Waals surface area contributed by atoms with Crippen LogP contribution in [0, 0.1) is 23.7 Å². The molecule has 6 rings (SSSR count). The van der Waals surface area contributed by atoms with Crippen molar-refractivity contribution >= 4 is 11.9 Å². The van der Waals surface area contributed by atoms with E-state index in [2.05, 4.69) is 32.9 Å². The minimum Gasteiger partial charge on any atom is -0.462 e. The van der Waals surface area contributed by atoms with Crippen molar-refractivity contribution in [3.63, 3.8) is 0 Å². The van der Waals surface area contributed by atoms with Crippen molar-refractivity contribution < 1.29 is 57.8 Å². The predicted molar refractivity (Wildman–Crippen MR) is 213 cm³/mol. The van der Waals surface area contributed by atoms with E-state index in [1.807, 2.05) is 32.1 Å². The molecule has 14 nitrogen and oxygen atoms in total. The van der Waals surface area contributed by atoms with E-state index >= 15 is 0 Å². The third-order valence-corrected chi connectivity index (χ3v) is 13.3. The Morgan fingerprint density at radius 3 is 2.53 bits per heavy atom. The average molecular weight is 815 g/mol. The number of rotatable bonds is 7. The molecule has 0 amide bonds. The van der Waals surface area contributed by atoms with E-state index in [0.717, 1.165) is 12.0 Å². The lowest BCUT2D eigenvalue weighted by Gasteiger charge is -2.50. The SMILES string of the molecule is CCC(C)[C@H]1O[C@]2(C=C[C@@H]1C)C[C@@H]1C[C@@H](C/C=C(\C)[C@@H](O[C@H]3C[C@H](OC)[C@](N)(N(C)OC(C)=O)[C@H](C)O3)C(C)/C=C/C=C3\COC4[C@H](O)C(C)=C[C@@H](C(=O)O1)[C@]34O)O2. The smallest absolute Gasteiger partial charge is 0.322 e. The highest BCUT2D eigenvalue weighted by Crippen LogP contribution is 2.47. The Morgan fingerprint density at radius 1 is 1.10 bits per heavy atom. The highest BCUT2D eigenvalue weighted by Gasteiger charge is 2.60. The van der Waals surface area contributed by atoms with Gasteiger partial charge in [-0.2, -0.15) is 0 Å². The molecule has 5 heterocycles. The molecule has 58 heavy (non-hydrogen) atoms. The normalized spacial score (nSPS) is 46.2. The summed E-state index contributed by atoms with van der Waals surface area (Å²) in [6.07, 6.45) is 9.90. The van der Waals surface area contributed by atoms with Gasteiger partial charge in [0.1, 0.15) is 29.8 Å². The number of methoxy groups -OCH3 is 1. The summed E-state index contributed by atoms with van der Waals surface area (Å²) in [5.41, 5.74) is 5.60. The van der Waals surface area contributed by atoms with E-state index in [-0.39, 0.29) is 43.3 Å². The van der Waals surface area contributed by atoms with Crippen LogP contribution in [0.3, 0.4) is 0 Å². The van der Waals surface area contributed by atoms with Gasteiger partial charge in [0, 0.05) is 52.2 Å². The number of aliphatic hydroxyl groups excluding tert-OH is 1. The number of nitrogens with two attached hydrogens (primary N) is 1. The van der Waals surface area contributed by atoms with Crippen molar-refractivity contribution in [2.75, 3.05) is 20.8 Å². The lowest BCUT2D eigenvalue weighted by molar-refractivity contribution is -0.316. The van der Waals surface area contributed by atoms with E-state index in [4.69, 9.17) is 43.7 Å². The Morgan fingerprint density at radius 2 is 1.84 bits per heavy atom. The number of hydrogen-bond donors (Lipinski definition) is 3. The minimum absolute atomic E-state index is 0.0197. The first-order chi connectivity index (χ1) is 27.4. The molecule has 1 spiro atoms. The van der Waals surface area contributed by atoms with E-state index in [1.54, 1.807) is 40.2 Å². The fourth-order valence-electron chi connectivity index (χ4n) is 9.66. The van der Waals surface area contributed by atoms with Crippen molar-refractivity contribution in [2.45, 2.75) is 160 Å². The van der Waals surface area contributed by atoms with Crippen LogP contribution in [0.5, 0.6) is 0 Å². The number of allylic oxidation sites excluding steroid dienone is 2. The molecule has 6 aliphatic rings. The number of fused-ring (bicyclic) bond motifs is 2. The van der Waals surface area contributed by atoms with E-state index < -0.39 is 83.9 Å². The fourth-order valence-corrected chi connectivity index (χ4v) is 9.66. The van der Waals surface area contributed by atoms with Gasteiger partial charge in [-0.3, -0.25) is 9.59 Å². The molecule has 0 saturated carbocycles. The molecule has 0 radical (unpaired) electrons. The van der Waals surface area contributed by atoms with Crippen molar-refractivity contribution in [1.82, 2.24) is 5.06 Å². The number of ether oxygens (including phenoxy) is 7. The van der Waals surface area contributed by atoms with Gasteiger partial charge < -0.3 is 53.9 Å². The summed E-state index contributed by atoms with van der Waals surface area (Å²) in [5, 5.41) is 24.9. The predicted octanol–water partition coefficient (Wildman–Crippen LogP) is 4.55. The zero-order valence-electron chi connectivity index (χ0n) is 35.8. The summed E-state index contributed by atoms with van der Waals surface area (Å²) < 4.78 is 45.2. The molecule has 0 aromatic carbocycles. The molecule has 3 saturated heterocycles. The zero-order chi connectivity index (χ0) is 42.3. The summed E-state index contributed by atoms with van der Waals surface area (Å²) in [7, 11) is 3.13. The van der Waals surface area contributed by atoms with Crippen molar-refractivity contribution in [3.8, 4) is 0 Å². The van der Waals surface area contributed by atoms with E-state index in [0.29, 0.717) is 24.0 Å². The standard InChI is InChI=1S/C44H66N2O12/c1-11-24(2)39-27(5)17-18-42(57-39)22-33-20-32(56-42)16-15-26(4)38(55-36-21-35(51-10)44(45,29(7)53-36)46(9)58-30(8)47)25(3)13-12-14-31-23-52-40-37(48)28(6)19-34(41(49)54-33)43(31,40)50/h12-15,17-19,24-25,27,29,32-40,48,50H,11,16,20-23,45H2,1-10H3/b13-12+,26-15+,31-14+/t24?,25?,27-,29-,32+,33-,34-,35-,36-,37+,38-,39+,40?,42+,43+,44+/m0/s1. The quantitative estimate of drug-likeness (QED) is 0.141. The molecule has 0 aromatic rings. The van der Waals surface area contributed by atoms with Crippen LogP contribution >= 0.6 is 0 Å². The van der Waals surface area contributed by atoms with Crippen LogP contribution in [-0.4, -0.2) is 120 Å². The first kappa shape index (κ1) is 44.8. The summed E-state index contributed by atoms with van der Waals surface area (Å²) in [6.45, 7) is 15.3. The Kier molecular flexibility index (Phi) is 13.7. The first-order valence-corrected chi connectivity index (χ1v) is 20.9. The molecule has 3 unspecified atom stereocenters. The topological polar surface area (TPSA) is 178 Å². The molecule has 3 fully saturated rings. The number of aliphatic hydroxyl groups is 2. The van der Waals surface area contributed by atoms with Gasteiger partial charge >= 0.3 is 11.9 Å². The maximum absolute atomic E-state index is 14.3. The summed E-state index contributed by atoms with van der Waals surface area (Å²) in [6, 6.07) is 0. The van der Waals surface area contributed by atoms with E-state index in [9.17, 15) is 19.8 Å². The number of esters is 1. The largest absolute Gasteiger partial charge is 0.462 e. The number of carbonyl (C=O) groups excluding carboxylic acids is 2. The fraction of sp³-hybridized carbons (Fsp3) is 0.727. The van der Waals surface area contributed by atoms with Crippen LogP contribution in [-0.2, 0) is 47.6 Å². The summed E-state index contributed by atoms with van der Waals surface area (Å²) >= 11 is 0. The van der Waals surface area contributed by atoms with Gasteiger partial charge in [0.2, 0.25) is 0 Å². The zero-order valence-corrected chi connectivity index (χ0v) is 35.8. The average Bonchev–Trinajstić information content (AvgIpc) is 3.51. The minimum atomic E-state index is -1.85. The van der Waals surface area contributed by atoms with Crippen LogP contribution in [0.25, 0.3) is 0 Å². The summed E-state index contributed by atoms with van der Waals surface area (Å²) in [4.78, 5) is 31.5. The Bertz CT molecular complexity index is 1680. The molecule has 324 valence electrons. The molecule has 1 aliphatic carbocycles. The molecule has 2 bridgehead atoms. The van der Waals surface area contributed by atoms with Crippen molar-refractivity contribution in [1.29, 1.82) is 0 Å². The second-order valence-electron chi connectivity index (χ2n) is 17.4. The van der Waals surface area contributed by atoms with Gasteiger partial charge in [0.15, 0.2) is 17.7 Å². The van der Waals surface area contributed by atoms with Crippen LogP contribution in [0.2, 0.25) is 0 Å². The van der Waals surface area contributed by atoms with Gasteiger partial charge in [-0.25, -0.2) is 0 Å². The molecule has 16 atom stereocenters. The molecule has 5 aliphatic heterocycles. The number of carbonyl (C=O) groups is 2. The highest BCUT2D eigenvalue weighted by atomic mass is 16.7. The number of hydroxylamine groups is 2. The Labute approximate surface area is 343 Å². The van der Waals surface area contributed by atoms with Crippen molar-refractivity contribution in [2.24, 2.45) is 29.4 Å². The summed E-state index contributed by atoms with van der Waals surface area (Å²) in [5.74, 6) is -3.15. The molecule has 0 aromatic heterocycles. The second-order valence-corrected chi connectivity index (χ2v) is 17.4. The monoisotopic (exact) mass is 814 g/mol. The van der Waals surface area contributed by atoms with Crippen LogP contribution in [0.15, 0.2) is 59.3 Å². The van der Waals surface area contributed by atoms with Gasteiger partial charge in [0.25, 0.3) is 0 Å². The molecule has 14 heteroatoms. The Balaban J connectivity index is 1.37. The second kappa shape index (κ2) is 17.7. The Hall–Kier alpha value is -2.76. The van der Waals surface area contributed by atoms with Crippen LogP contribution in [0.4, 0.5) is 0 Å². The van der Waals surface area contributed by atoms with Gasteiger partial charge in [-0.1, -0.05) is 70.6 Å².